The minimum atomic E-state index is -3.22. The number of carbonyl (C=O) groups excluding carboxylic acids is 1. The predicted molar refractivity (Wildman–Crippen MR) is 107 cm³/mol. The Labute approximate surface area is 163 Å². The molecule has 2 aliphatic rings. The second kappa shape index (κ2) is 9.17. The van der Waals surface area contributed by atoms with Gasteiger partial charge < -0.3 is 5.32 Å². The number of sulfonamides is 1. The molecule has 3 rings (SSSR count). The van der Waals surface area contributed by atoms with E-state index in [1.54, 1.807) is 6.92 Å². The van der Waals surface area contributed by atoms with Crippen LogP contribution < -0.4 is 5.32 Å². The molecule has 0 radical (unpaired) electrons. The van der Waals surface area contributed by atoms with Crippen molar-refractivity contribution in [2.45, 2.75) is 45.7 Å². The molecule has 0 spiro atoms. The summed E-state index contributed by atoms with van der Waals surface area (Å²) in [6, 6.07) is 8.41. The van der Waals surface area contributed by atoms with Crippen molar-refractivity contribution in [1.82, 2.24) is 14.5 Å². The van der Waals surface area contributed by atoms with E-state index in [1.165, 1.54) is 35.8 Å². The Morgan fingerprint density at radius 1 is 1.07 bits per heavy atom. The summed E-state index contributed by atoms with van der Waals surface area (Å²) in [5, 5.41) is 2.98. The summed E-state index contributed by atoms with van der Waals surface area (Å²) in [4.78, 5) is 15.0. The molecule has 1 amide bonds. The molecule has 1 aromatic rings. The van der Waals surface area contributed by atoms with Gasteiger partial charge in [-0.15, -0.1) is 0 Å². The number of benzene rings is 1. The lowest BCUT2D eigenvalue weighted by Crippen LogP contribution is -2.45. The molecule has 6 nitrogen and oxygen atoms in total. The monoisotopic (exact) mass is 393 g/mol. The second-order valence-electron chi connectivity index (χ2n) is 7.62. The summed E-state index contributed by atoms with van der Waals surface area (Å²) in [5.74, 6) is -0.216. The first-order valence-electron chi connectivity index (χ1n) is 10.0. The van der Waals surface area contributed by atoms with Crippen LogP contribution in [0.1, 0.15) is 43.7 Å². The number of hydrogen-bond acceptors (Lipinski definition) is 4. The van der Waals surface area contributed by atoms with Crippen molar-refractivity contribution in [3.63, 3.8) is 0 Å². The van der Waals surface area contributed by atoms with E-state index in [9.17, 15) is 13.2 Å². The highest BCUT2D eigenvalue weighted by molar-refractivity contribution is 7.89. The maximum Gasteiger partial charge on any atom is 0.224 e. The summed E-state index contributed by atoms with van der Waals surface area (Å²) in [6.07, 6.45) is 4.07. The zero-order valence-electron chi connectivity index (χ0n) is 16.2. The topological polar surface area (TPSA) is 69.7 Å². The molecule has 1 N–H and O–H groups in total. The van der Waals surface area contributed by atoms with Crippen LogP contribution in [0.5, 0.6) is 0 Å². The first-order chi connectivity index (χ1) is 13.0. The van der Waals surface area contributed by atoms with Gasteiger partial charge >= 0.3 is 0 Å². The number of amides is 1. The molecule has 0 aromatic heterocycles. The van der Waals surface area contributed by atoms with E-state index in [1.807, 2.05) is 0 Å². The standard InChI is InChI=1S/C20H31N3O3S/c1-2-27(25,26)23-13-5-6-19(16-23)20(24)21-14-17-7-9-18(10-8-17)15-22-11-3-4-12-22/h7-10,19H,2-6,11-16H2,1H3,(H,21,24)/t19-/m0/s1. The highest BCUT2D eigenvalue weighted by atomic mass is 32.2. The predicted octanol–water partition coefficient (Wildman–Crippen LogP) is 1.96. The smallest absolute Gasteiger partial charge is 0.224 e. The summed E-state index contributed by atoms with van der Waals surface area (Å²) in [6.45, 7) is 6.33. The third kappa shape index (κ3) is 5.53. The third-order valence-corrected chi connectivity index (χ3v) is 7.46. The Kier molecular flexibility index (Phi) is 6.89. The van der Waals surface area contributed by atoms with Gasteiger partial charge in [-0.2, -0.15) is 0 Å². The van der Waals surface area contributed by atoms with Crippen molar-refractivity contribution in [3.8, 4) is 0 Å². The van der Waals surface area contributed by atoms with E-state index in [-0.39, 0.29) is 17.6 Å². The molecule has 7 heteroatoms. The van der Waals surface area contributed by atoms with Gasteiger partial charge in [-0.3, -0.25) is 9.69 Å². The van der Waals surface area contributed by atoms with Gasteiger partial charge in [-0.25, -0.2) is 12.7 Å². The maximum atomic E-state index is 12.5. The van der Waals surface area contributed by atoms with Gasteiger partial charge in [0.05, 0.1) is 11.7 Å². The van der Waals surface area contributed by atoms with Crippen molar-refractivity contribution >= 4 is 15.9 Å². The van der Waals surface area contributed by atoms with Crippen molar-refractivity contribution in [2.24, 2.45) is 5.92 Å². The molecule has 0 unspecified atom stereocenters. The first-order valence-corrected chi connectivity index (χ1v) is 11.6. The van der Waals surface area contributed by atoms with Gasteiger partial charge in [0.1, 0.15) is 0 Å². The largest absolute Gasteiger partial charge is 0.352 e. The average molecular weight is 394 g/mol. The molecular weight excluding hydrogens is 362 g/mol. The Morgan fingerprint density at radius 3 is 2.41 bits per heavy atom. The maximum absolute atomic E-state index is 12.5. The molecule has 2 saturated heterocycles. The van der Waals surface area contributed by atoms with Crippen LogP contribution in [-0.2, 0) is 27.9 Å². The first kappa shape index (κ1) is 20.3. The van der Waals surface area contributed by atoms with Crippen molar-refractivity contribution < 1.29 is 13.2 Å². The van der Waals surface area contributed by atoms with Crippen LogP contribution in [0.3, 0.4) is 0 Å². The van der Waals surface area contributed by atoms with E-state index in [4.69, 9.17) is 0 Å². The van der Waals surface area contributed by atoms with Crippen LogP contribution >= 0.6 is 0 Å². The quantitative estimate of drug-likeness (QED) is 0.769. The molecule has 27 heavy (non-hydrogen) atoms. The number of nitrogens with zero attached hydrogens (tertiary/aromatic N) is 2. The number of likely N-dealkylation sites (tertiary alicyclic amines) is 1. The lowest BCUT2D eigenvalue weighted by Gasteiger charge is -2.30. The zero-order chi connectivity index (χ0) is 19.3. The fourth-order valence-electron chi connectivity index (χ4n) is 3.89. The zero-order valence-corrected chi connectivity index (χ0v) is 17.0. The lowest BCUT2D eigenvalue weighted by atomic mass is 9.98. The summed E-state index contributed by atoms with van der Waals surface area (Å²) in [7, 11) is -3.22. The van der Waals surface area contributed by atoms with Crippen molar-refractivity contribution in [2.75, 3.05) is 31.9 Å². The molecule has 1 aromatic carbocycles. The Hall–Kier alpha value is -1.44. The molecule has 150 valence electrons. The molecular formula is C20H31N3O3S. The van der Waals surface area contributed by atoms with Gasteiger partial charge in [0.15, 0.2) is 0 Å². The van der Waals surface area contributed by atoms with E-state index < -0.39 is 10.0 Å². The number of hydrogen-bond donors (Lipinski definition) is 1. The number of carbonyl (C=O) groups is 1. The van der Waals surface area contributed by atoms with Gasteiger partial charge in [-0.1, -0.05) is 24.3 Å². The van der Waals surface area contributed by atoms with Crippen LogP contribution in [0.4, 0.5) is 0 Å². The van der Waals surface area contributed by atoms with Crippen LogP contribution in [-0.4, -0.2) is 55.5 Å². The molecule has 0 bridgehead atoms. The fourth-order valence-corrected chi connectivity index (χ4v) is 5.07. The number of rotatable bonds is 7. The van der Waals surface area contributed by atoms with E-state index in [0.717, 1.165) is 24.9 Å². The summed E-state index contributed by atoms with van der Waals surface area (Å²) < 4.78 is 25.6. The van der Waals surface area contributed by atoms with Crippen LogP contribution in [0.2, 0.25) is 0 Å². The van der Waals surface area contributed by atoms with Crippen LogP contribution in [0.25, 0.3) is 0 Å². The Balaban J connectivity index is 1.48. The van der Waals surface area contributed by atoms with Crippen LogP contribution in [0.15, 0.2) is 24.3 Å². The molecule has 2 heterocycles. The third-order valence-electron chi connectivity index (χ3n) is 5.61. The van der Waals surface area contributed by atoms with Crippen molar-refractivity contribution in [1.29, 1.82) is 0 Å². The summed E-state index contributed by atoms with van der Waals surface area (Å²) in [5.41, 5.74) is 2.38. The van der Waals surface area contributed by atoms with Gasteiger partial charge in [0, 0.05) is 26.2 Å². The van der Waals surface area contributed by atoms with Gasteiger partial charge in [0.2, 0.25) is 15.9 Å². The van der Waals surface area contributed by atoms with Crippen molar-refractivity contribution in [3.05, 3.63) is 35.4 Å². The minimum absolute atomic E-state index is 0.0489. The normalized spacial score (nSPS) is 22.0. The minimum Gasteiger partial charge on any atom is -0.352 e. The second-order valence-corrected chi connectivity index (χ2v) is 9.87. The van der Waals surface area contributed by atoms with E-state index >= 15 is 0 Å². The summed E-state index contributed by atoms with van der Waals surface area (Å²) >= 11 is 0. The SMILES string of the molecule is CCS(=O)(=O)N1CCC[C@H](C(=O)NCc2ccc(CN3CCCC3)cc2)C1. The van der Waals surface area contributed by atoms with Gasteiger partial charge in [-0.05, 0) is 56.8 Å². The number of piperidine rings is 1. The van der Waals surface area contributed by atoms with Crippen LogP contribution in [0, 0.1) is 5.92 Å². The van der Waals surface area contributed by atoms with E-state index in [2.05, 4.69) is 34.5 Å². The highest BCUT2D eigenvalue weighted by Gasteiger charge is 2.31. The lowest BCUT2D eigenvalue weighted by molar-refractivity contribution is -0.126. The Bertz CT molecular complexity index is 727. The number of nitrogens with one attached hydrogen (secondary N) is 1. The molecule has 2 fully saturated rings. The molecule has 1 atom stereocenters. The average Bonchev–Trinajstić information content (AvgIpc) is 3.20. The molecule has 0 aliphatic carbocycles. The van der Waals surface area contributed by atoms with Gasteiger partial charge in [0.25, 0.3) is 0 Å². The molecule has 2 aliphatic heterocycles. The van der Waals surface area contributed by atoms with E-state index in [0.29, 0.717) is 19.6 Å². The Morgan fingerprint density at radius 2 is 1.74 bits per heavy atom. The molecule has 0 saturated carbocycles. The highest BCUT2D eigenvalue weighted by Crippen LogP contribution is 2.20. The fraction of sp³-hybridized carbons (Fsp3) is 0.650.